The average Bonchev–Trinajstić information content (AvgIpc) is 1.68. The molecule has 0 amide bonds. The van der Waals surface area contributed by atoms with E-state index in [1.807, 2.05) is 6.92 Å². The molecular formula is C5H11NO. The maximum atomic E-state index is 4.74. The standard InChI is InChI=1S/C5H11NO/c1-3-5(2)4-7-6/h2-4,6H2,1H3. The molecule has 0 aromatic carbocycles. The zero-order chi connectivity index (χ0) is 5.70. The van der Waals surface area contributed by atoms with Crippen molar-refractivity contribution in [3.8, 4) is 0 Å². The van der Waals surface area contributed by atoms with E-state index in [-0.39, 0.29) is 0 Å². The Morgan fingerprint density at radius 3 is 2.57 bits per heavy atom. The van der Waals surface area contributed by atoms with E-state index in [1.165, 1.54) is 0 Å². The summed E-state index contributed by atoms with van der Waals surface area (Å²) < 4.78 is 0. The molecular weight excluding hydrogens is 90.1 g/mol. The molecule has 0 aliphatic heterocycles. The van der Waals surface area contributed by atoms with Crippen LogP contribution < -0.4 is 5.90 Å². The highest BCUT2D eigenvalue weighted by molar-refractivity contribution is 4.91. The second-order valence-electron chi connectivity index (χ2n) is 1.41. The number of hydrogen-bond donors (Lipinski definition) is 1. The second-order valence-corrected chi connectivity index (χ2v) is 1.41. The maximum Gasteiger partial charge on any atom is 0.0887 e. The van der Waals surface area contributed by atoms with E-state index in [4.69, 9.17) is 5.90 Å². The zero-order valence-electron chi connectivity index (χ0n) is 4.61. The van der Waals surface area contributed by atoms with Gasteiger partial charge in [0.05, 0.1) is 6.61 Å². The molecule has 0 aromatic heterocycles. The predicted octanol–water partition coefficient (Wildman–Crippen LogP) is 0.843. The molecule has 0 unspecified atom stereocenters. The van der Waals surface area contributed by atoms with Gasteiger partial charge >= 0.3 is 0 Å². The van der Waals surface area contributed by atoms with Crippen LogP contribution in [0.2, 0.25) is 0 Å². The fourth-order valence-corrected chi connectivity index (χ4v) is 0.220. The van der Waals surface area contributed by atoms with Crippen molar-refractivity contribution in [1.82, 2.24) is 0 Å². The number of rotatable bonds is 3. The van der Waals surface area contributed by atoms with Crippen LogP contribution in [0.5, 0.6) is 0 Å². The fourth-order valence-electron chi connectivity index (χ4n) is 0.220. The van der Waals surface area contributed by atoms with Gasteiger partial charge in [-0.2, -0.15) is 0 Å². The Morgan fingerprint density at radius 2 is 2.43 bits per heavy atom. The van der Waals surface area contributed by atoms with E-state index in [2.05, 4.69) is 11.4 Å². The molecule has 0 rings (SSSR count). The van der Waals surface area contributed by atoms with Crippen molar-refractivity contribution < 1.29 is 4.84 Å². The summed E-state index contributed by atoms with van der Waals surface area (Å²) in [5.74, 6) is 4.74. The van der Waals surface area contributed by atoms with Crippen LogP contribution in [0.4, 0.5) is 0 Å². The Morgan fingerprint density at radius 1 is 1.86 bits per heavy atom. The lowest BCUT2D eigenvalue weighted by Crippen LogP contribution is -2.01. The van der Waals surface area contributed by atoms with Crippen molar-refractivity contribution in [3.63, 3.8) is 0 Å². The van der Waals surface area contributed by atoms with Gasteiger partial charge in [0.25, 0.3) is 0 Å². The molecule has 0 saturated heterocycles. The molecule has 0 spiro atoms. The third-order valence-electron chi connectivity index (χ3n) is 0.787. The fraction of sp³-hybridized carbons (Fsp3) is 0.600. The SMILES string of the molecule is C=C(CC)CON. The van der Waals surface area contributed by atoms with Gasteiger partial charge in [0.15, 0.2) is 0 Å². The monoisotopic (exact) mass is 101 g/mol. The van der Waals surface area contributed by atoms with Crippen LogP contribution in [0.25, 0.3) is 0 Å². The minimum atomic E-state index is 0.483. The normalized spacial score (nSPS) is 8.86. The van der Waals surface area contributed by atoms with Gasteiger partial charge in [0, 0.05) is 0 Å². The van der Waals surface area contributed by atoms with Gasteiger partial charge in [0.1, 0.15) is 0 Å². The zero-order valence-corrected chi connectivity index (χ0v) is 4.61. The van der Waals surface area contributed by atoms with Crippen LogP contribution in [0.15, 0.2) is 12.2 Å². The summed E-state index contributed by atoms with van der Waals surface area (Å²) in [6, 6.07) is 0. The lowest BCUT2D eigenvalue weighted by Gasteiger charge is -1.95. The Labute approximate surface area is 43.9 Å². The van der Waals surface area contributed by atoms with Gasteiger partial charge in [-0.15, -0.1) is 0 Å². The molecule has 0 heterocycles. The second kappa shape index (κ2) is 3.84. The largest absolute Gasteiger partial charge is 0.300 e. The van der Waals surface area contributed by atoms with Crippen LogP contribution in [-0.4, -0.2) is 6.61 Å². The van der Waals surface area contributed by atoms with Crippen LogP contribution in [0.1, 0.15) is 13.3 Å². The quantitative estimate of drug-likeness (QED) is 0.422. The van der Waals surface area contributed by atoms with Crippen LogP contribution in [-0.2, 0) is 4.84 Å². The van der Waals surface area contributed by atoms with Crippen molar-refractivity contribution in [2.75, 3.05) is 6.61 Å². The van der Waals surface area contributed by atoms with Crippen molar-refractivity contribution in [1.29, 1.82) is 0 Å². The molecule has 0 radical (unpaired) electrons. The molecule has 0 aliphatic rings. The van der Waals surface area contributed by atoms with Gasteiger partial charge in [-0.25, -0.2) is 5.90 Å². The highest BCUT2D eigenvalue weighted by Gasteiger charge is 1.84. The van der Waals surface area contributed by atoms with Crippen molar-refractivity contribution in [2.45, 2.75) is 13.3 Å². The van der Waals surface area contributed by atoms with Gasteiger partial charge in [-0.3, -0.25) is 0 Å². The van der Waals surface area contributed by atoms with E-state index >= 15 is 0 Å². The van der Waals surface area contributed by atoms with Crippen molar-refractivity contribution in [3.05, 3.63) is 12.2 Å². The minimum absolute atomic E-state index is 0.483. The molecule has 2 nitrogen and oxygen atoms in total. The van der Waals surface area contributed by atoms with E-state index in [9.17, 15) is 0 Å². The average molecular weight is 101 g/mol. The summed E-state index contributed by atoms with van der Waals surface area (Å²) in [5, 5.41) is 0. The minimum Gasteiger partial charge on any atom is -0.300 e. The van der Waals surface area contributed by atoms with Crippen LogP contribution in [0, 0.1) is 0 Å². The molecule has 0 aromatic rings. The molecule has 2 N–H and O–H groups in total. The van der Waals surface area contributed by atoms with Crippen molar-refractivity contribution in [2.24, 2.45) is 5.90 Å². The van der Waals surface area contributed by atoms with Crippen LogP contribution in [0.3, 0.4) is 0 Å². The first-order valence-corrected chi connectivity index (χ1v) is 2.29. The smallest absolute Gasteiger partial charge is 0.0887 e. The Bertz CT molecular complexity index is 61.1. The van der Waals surface area contributed by atoms with Gasteiger partial charge in [-0.1, -0.05) is 19.1 Å². The third kappa shape index (κ3) is 3.49. The van der Waals surface area contributed by atoms with E-state index in [0.29, 0.717) is 6.61 Å². The molecule has 7 heavy (non-hydrogen) atoms. The Balaban J connectivity index is 3.00. The molecule has 0 fully saturated rings. The molecule has 42 valence electrons. The number of nitrogens with two attached hydrogens (primary N) is 1. The summed E-state index contributed by atoms with van der Waals surface area (Å²) in [6.07, 6.45) is 0.942. The van der Waals surface area contributed by atoms with E-state index < -0.39 is 0 Å². The topological polar surface area (TPSA) is 35.2 Å². The molecule has 2 heteroatoms. The maximum absolute atomic E-state index is 4.74. The first-order chi connectivity index (χ1) is 3.31. The predicted molar refractivity (Wildman–Crippen MR) is 29.6 cm³/mol. The van der Waals surface area contributed by atoms with E-state index in [1.54, 1.807) is 0 Å². The summed E-state index contributed by atoms with van der Waals surface area (Å²) >= 11 is 0. The van der Waals surface area contributed by atoms with Gasteiger partial charge in [-0.05, 0) is 6.42 Å². The molecule has 0 aliphatic carbocycles. The summed E-state index contributed by atoms with van der Waals surface area (Å²) in [6.45, 7) is 6.16. The van der Waals surface area contributed by atoms with Crippen LogP contribution >= 0.6 is 0 Å². The summed E-state index contributed by atoms with van der Waals surface area (Å²) in [5.41, 5.74) is 1.03. The molecule has 0 bridgehead atoms. The van der Waals surface area contributed by atoms with Crippen molar-refractivity contribution >= 4 is 0 Å². The molecule has 0 saturated carbocycles. The highest BCUT2D eigenvalue weighted by Crippen LogP contribution is 1.92. The third-order valence-corrected chi connectivity index (χ3v) is 0.787. The summed E-state index contributed by atoms with van der Waals surface area (Å²) in [4.78, 5) is 4.29. The van der Waals surface area contributed by atoms with E-state index in [0.717, 1.165) is 12.0 Å². The lowest BCUT2D eigenvalue weighted by atomic mass is 10.3. The Kier molecular flexibility index (Phi) is 3.65. The number of hydrogen-bond acceptors (Lipinski definition) is 2. The Hall–Kier alpha value is -0.340. The molecule has 0 atom stereocenters. The lowest BCUT2D eigenvalue weighted by molar-refractivity contribution is 0.160. The van der Waals surface area contributed by atoms with Gasteiger partial charge < -0.3 is 4.84 Å². The first kappa shape index (κ1) is 6.66. The highest BCUT2D eigenvalue weighted by atomic mass is 16.6. The summed E-state index contributed by atoms with van der Waals surface area (Å²) in [7, 11) is 0. The van der Waals surface area contributed by atoms with Gasteiger partial charge in [0.2, 0.25) is 0 Å². The first-order valence-electron chi connectivity index (χ1n) is 2.29.